The Labute approximate surface area is 98.2 Å². The summed E-state index contributed by atoms with van der Waals surface area (Å²) in [7, 11) is 1.98. The summed E-state index contributed by atoms with van der Waals surface area (Å²) in [6.07, 6.45) is 3.40. The molecule has 0 bridgehead atoms. The molecule has 16 heavy (non-hydrogen) atoms. The number of anilines is 1. The molecule has 1 N–H and O–H groups in total. The summed E-state index contributed by atoms with van der Waals surface area (Å²) in [6, 6.07) is 1.96. The minimum Gasteiger partial charge on any atom is -0.469 e. The van der Waals surface area contributed by atoms with E-state index in [0.717, 1.165) is 27.9 Å². The van der Waals surface area contributed by atoms with Crippen LogP contribution in [-0.2, 0) is 13.2 Å². The van der Waals surface area contributed by atoms with Gasteiger partial charge in [-0.3, -0.25) is 0 Å². The van der Waals surface area contributed by atoms with E-state index in [1.54, 1.807) is 12.5 Å². The number of furan rings is 1. The number of rotatable bonds is 4. The van der Waals surface area contributed by atoms with Gasteiger partial charge in [-0.15, -0.1) is 0 Å². The third-order valence-corrected chi connectivity index (χ3v) is 3.49. The van der Waals surface area contributed by atoms with Gasteiger partial charge in [0.15, 0.2) is 5.13 Å². The molecular formula is C11H14N2O2S. The monoisotopic (exact) mass is 238 g/mol. The van der Waals surface area contributed by atoms with Crippen LogP contribution in [0.5, 0.6) is 0 Å². The molecule has 0 saturated carbocycles. The molecule has 0 amide bonds. The van der Waals surface area contributed by atoms with Crippen molar-refractivity contribution in [1.82, 2.24) is 4.98 Å². The molecule has 2 aromatic rings. The predicted octanol–water partition coefficient (Wildman–Crippen LogP) is 2.17. The van der Waals surface area contributed by atoms with Crippen molar-refractivity contribution in [2.24, 2.45) is 0 Å². The SMILES string of the molecule is Cc1occc1CN(C)c1ncc(CO)s1. The van der Waals surface area contributed by atoms with E-state index in [2.05, 4.69) is 4.98 Å². The average Bonchev–Trinajstić information content (AvgIpc) is 2.88. The van der Waals surface area contributed by atoms with Crippen molar-refractivity contribution in [2.45, 2.75) is 20.1 Å². The number of aryl methyl sites for hydroxylation is 1. The Morgan fingerprint density at radius 3 is 2.94 bits per heavy atom. The van der Waals surface area contributed by atoms with Crippen LogP contribution in [0.4, 0.5) is 5.13 Å². The van der Waals surface area contributed by atoms with Crippen LogP contribution in [0, 0.1) is 6.92 Å². The van der Waals surface area contributed by atoms with Gasteiger partial charge in [0.1, 0.15) is 5.76 Å². The van der Waals surface area contributed by atoms with E-state index in [-0.39, 0.29) is 6.61 Å². The summed E-state index contributed by atoms with van der Waals surface area (Å²) in [4.78, 5) is 7.17. The second-order valence-electron chi connectivity index (χ2n) is 3.63. The van der Waals surface area contributed by atoms with E-state index in [0.29, 0.717) is 0 Å². The second kappa shape index (κ2) is 4.67. The van der Waals surface area contributed by atoms with Crippen molar-refractivity contribution in [3.8, 4) is 0 Å². The zero-order valence-electron chi connectivity index (χ0n) is 9.30. The zero-order chi connectivity index (χ0) is 11.5. The zero-order valence-corrected chi connectivity index (χ0v) is 10.1. The van der Waals surface area contributed by atoms with E-state index >= 15 is 0 Å². The van der Waals surface area contributed by atoms with Crippen molar-refractivity contribution in [3.63, 3.8) is 0 Å². The Balaban J connectivity index is 2.08. The van der Waals surface area contributed by atoms with Crippen LogP contribution < -0.4 is 4.90 Å². The van der Waals surface area contributed by atoms with E-state index in [4.69, 9.17) is 9.52 Å². The highest BCUT2D eigenvalue weighted by Crippen LogP contribution is 2.23. The molecule has 0 spiro atoms. The Morgan fingerprint density at radius 2 is 2.38 bits per heavy atom. The molecule has 0 aliphatic carbocycles. The Bertz CT molecular complexity index is 464. The van der Waals surface area contributed by atoms with Gasteiger partial charge in [-0.05, 0) is 13.0 Å². The van der Waals surface area contributed by atoms with Crippen LogP contribution in [-0.4, -0.2) is 17.1 Å². The molecule has 0 fully saturated rings. The van der Waals surface area contributed by atoms with E-state index in [9.17, 15) is 0 Å². The molecule has 2 heterocycles. The highest BCUT2D eigenvalue weighted by atomic mass is 32.1. The van der Waals surface area contributed by atoms with Crippen LogP contribution in [0.2, 0.25) is 0 Å². The maximum Gasteiger partial charge on any atom is 0.185 e. The molecule has 4 nitrogen and oxygen atoms in total. The summed E-state index contributed by atoms with van der Waals surface area (Å²) >= 11 is 1.50. The first-order valence-corrected chi connectivity index (χ1v) is 5.82. The Kier molecular flexibility index (Phi) is 3.26. The molecule has 0 aliphatic heterocycles. The summed E-state index contributed by atoms with van der Waals surface area (Å²) in [6.45, 7) is 2.77. The summed E-state index contributed by atoms with van der Waals surface area (Å²) < 4.78 is 5.24. The standard InChI is InChI=1S/C11H14N2O2S/c1-8-9(3-4-15-8)6-13(2)11-12-5-10(7-14)16-11/h3-5,14H,6-7H2,1-2H3. The van der Waals surface area contributed by atoms with Crippen molar-refractivity contribution < 1.29 is 9.52 Å². The highest BCUT2D eigenvalue weighted by molar-refractivity contribution is 7.15. The van der Waals surface area contributed by atoms with E-state index in [1.165, 1.54) is 11.3 Å². The summed E-state index contributed by atoms with van der Waals surface area (Å²) in [5.74, 6) is 0.936. The first-order chi connectivity index (χ1) is 7.70. The van der Waals surface area contributed by atoms with Gasteiger partial charge in [-0.2, -0.15) is 0 Å². The van der Waals surface area contributed by atoms with Gasteiger partial charge < -0.3 is 14.4 Å². The van der Waals surface area contributed by atoms with Crippen LogP contribution in [0.1, 0.15) is 16.2 Å². The predicted molar refractivity (Wildman–Crippen MR) is 63.6 cm³/mol. The third-order valence-electron chi connectivity index (χ3n) is 2.40. The lowest BCUT2D eigenvalue weighted by Crippen LogP contribution is -2.15. The molecule has 86 valence electrons. The topological polar surface area (TPSA) is 49.5 Å². The number of hydrogen-bond acceptors (Lipinski definition) is 5. The van der Waals surface area contributed by atoms with Crippen LogP contribution >= 0.6 is 11.3 Å². The molecule has 0 radical (unpaired) electrons. The molecule has 0 unspecified atom stereocenters. The molecule has 0 atom stereocenters. The molecule has 0 saturated heterocycles. The van der Waals surface area contributed by atoms with Crippen molar-refractivity contribution in [2.75, 3.05) is 11.9 Å². The minimum atomic E-state index is 0.0518. The molecule has 2 aromatic heterocycles. The van der Waals surface area contributed by atoms with Gasteiger partial charge >= 0.3 is 0 Å². The second-order valence-corrected chi connectivity index (χ2v) is 4.72. The Hall–Kier alpha value is -1.33. The number of aromatic nitrogens is 1. The lowest BCUT2D eigenvalue weighted by atomic mass is 10.2. The minimum absolute atomic E-state index is 0.0518. The largest absolute Gasteiger partial charge is 0.469 e. The lowest BCUT2D eigenvalue weighted by Gasteiger charge is -2.14. The van der Waals surface area contributed by atoms with Crippen LogP contribution in [0.25, 0.3) is 0 Å². The maximum atomic E-state index is 8.97. The van der Waals surface area contributed by atoms with Gasteiger partial charge in [0.2, 0.25) is 0 Å². The van der Waals surface area contributed by atoms with Gasteiger partial charge in [-0.25, -0.2) is 4.98 Å². The first-order valence-electron chi connectivity index (χ1n) is 5.00. The molecule has 2 rings (SSSR count). The first kappa shape index (κ1) is 11.2. The molecule has 0 aliphatic rings. The molecule has 5 heteroatoms. The smallest absolute Gasteiger partial charge is 0.185 e. The highest BCUT2D eigenvalue weighted by Gasteiger charge is 2.09. The number of thiazole rings is 1. The van der Waals surface area contributed by atoms with Crippen molar-refractivity contribution in [1.29, 1.82) is 0 Å². The normalized spacial score (nSPS) is 10.7. The lowest BCUT2D eigenvalue weighted by molar-refractivity contribution is 0.285. The number of nitrogens with zero attached hydrogens (tertiary/aromatic N) is 2. The summed E-state index contributed by atoms with van der Waals surface area (Å²) in [5, 5.41) is 9.88. The quantitative estimate of drug-likeness (QED) is 0.887. The number of aliphatic hydroxyl groups is 1. The van der Waals surface area contributed by atoms with Crippen LogP contribution in [0.3, 0.4) is 0 Å². The van der Waals surface area contributed by atoms with Gasteiger partial charge in [0, 0.05) is 25.4 Å². The van der Waals surface area contributed by atoms with Crippen molar-refractivity contribution in [3.05, 3.63) is 34.7 Å². The fraction of sp³-hybridized carbons (Fsp3) is 0.364. The summed E-state index contributed by atoms with van der Waals surface area (Å²) in [5.41, 5.74) is 1.16. The van der Waals surface area contributed by atoms with Gasteiger partial charge in [-0.1, -0.05) is 11.3 Å². The van der Waals surface area contributed by atoms with E-state index < -0.39 is 0 Å². The fourth-order valence-electron chi connectivity index (χ4n) is 1.45. The third kappa shape index (κ3) is 2.25. The Morgan fingerprint density at radius 1 is 1.56 bits per heavy atom. The molecule has 0 aromatic carbocycles. The van der Waals surface area contributed by atoms with E-state index in [1.807, 2.05) is 24.9 Å². The van der Waals surface area contributed by atoms with Gasteiger partial charge in [0.25, 0.3) is 0 Å². The van der Waals surface area contributed by atoms with Gasteiger partial charge in [0.05, 0.1) is 17.7 Å². The van der Waals surface area contributed by atoms with Crippen LogP contribution in [0.15, 0.2) is 22.9 Å². The fourth-order valence-corrected chi connectivity index (χ4v) is 2.18. The van der Waals surface area contributed by atoms with Crippen molar-refractivity contribution >= 4 is 16.5 Å². The molecular weight excluding hydrogens is 224 g/mol. The maximum absolute atomic E-state index is 8.97. The average molecular weight is 238 g/mol. The number of hydrogen-bond donors (Lipinski definition) is 1. The number of aliphatic hydroxyl groups excluding tert-OH is 1.